The lowest BCUT2D eigenvalue weighted by Crippen LogP contribution is -2.42. The highest BCUT2D eigenvalue weighted by molar-refractivity contribution is 7.98. The van der Waals surface area contributed by atoms with Crippen LogP contribution in [-0.2, 0) is 23.5 Å². The molecule has 0 saturated carbocycles. The Balaban J connectivity index is 1.37. The maximum atomic E-state index is 12.5. The predicted molar refractivity (Wildman–Crippen MR) is 105 cm³/mol. The average Bonchev–Trinajstić information content (AvgIpc) is 2.92. The summed E-state index contributed by atoms with van der Waals surface area (Å²) in [4.78, 5) is 17.6. The Labute approximate surface area is 159 Å². The lowest BCUT2D eigenvalue weighted by Gasteiger charge is -2.28. The van der Waals surface area contributed by atoms with Gasteiger partial charge in [0.15, 0.2) is 0 Å². The third-order valence-corrected chi connectivity index (χ3v) is 6.81. The number of likely N-dealkylation sites (tertiary alicyclic amines) is 1. The van der Waals surface area contributed by atoms with Crippen molar-refractivity contribution in [3.05, 3.63) is 27.7 Å². The van der Waals surface area contributed by atoms with Crippen LogP contribution in [0.4, 0.5) is 0 Å². The molecule has 3 aliphatic heterocycles. The molecular formula is C19H30N4O2S. The summed E-state index contributed by atoms with van der Waals surface area (Å²) in [6.45, 7) is 8.01. The van der Waals surface area contributed by atoms with Crippen LogP contribution in [0.1, 0.15) is 30.5 Å². The van der Waals surface area contributed by atoms with Gasteiger partial charge in [-0.25, -0.2) is 4.68 Å². The van der Waals surface area contributed by atoms with E-state index in [-0.39, 0.29) is 5.56 Å². The first-order valence-electron chi connectivity index (χ1n) is 10.0. The SMILES string of the molecule is O=c1cc2c(nn1CC1CCCN1CCN1CCCOCC1)CCSC2. The highest BCUT2D eigenvalue weighted by atomic mass is 32.2. The van der Waals surface area contributed by atoms with E-state index in [1.165, 1.54) is 12.8 Å². The first-order chi connectivity index (χ1) is 12.8. The molecular weight excluding hydrogens is 348 g/mol. The first-order valence-corrected chi connectivity index (χ1v) is 11.2. The van der Waals surface area contributed by atoms with Crippen molar-refractivity contribution in [2.75, 3.05) is 51.7 Å². The Morgan fingerprint density at radius 1 is 1.19 bits per heavy atom. The van der Waals surface area contributed by atoms with Gasteiger partial charge in [-0.05, 0) is 37.1 Å². The molecule has 1 aromatic rings. The number of nitrogens with zero attached hydrogens (tertiary/aromatic N) is 4. The fourth-order valence-electron chi connectivity index (χ4n) is 4.27. The monoisotopic (exact) mass is 378 g/mol. The number of thioether (sulfide) groups is 1. The van der Waals surface area contributed by atoms with Gasteiger partial charge in [-0.2, -0.15) is 16.9 Å². The Morgan fingerprint density at radius 2 is 2.15 bits per heavy atom. The van der Waals surface area contributed by atoms with Gasteiger partial charge in [-0.1, -0.05) is 0 Å². The summed E-state index contributed by atoms with van der Waals surface area (Å²) >= 11 is 1.90. The molecule has 7 heteroatoms. The molecule has 6 nitrogen and oxygen atoms in total. The van der Waals surface area contributed by atoms with Gasteiger partial charge in [0.05, 0.1) is 18.8 Å². The van der Waals surface area contributed by atoms with Crippen LogP contribution in [-0.4, -0.2) is 77.3 Å². The molecule has 0 radical (unpaired) electrons. The average molecular weight is 379 g/mol. The molecule has 0 amide bonds. The van der Waals surface area contributed by atoms with Crippen LogP contribution in [0.25, 0.3) is 0 Å². The molecule has 3 aliphatic rings. The Bertz CT molecular complexity index is 657. The summed E-state index contributed by atoms with van der Waals surface area (Å²) in [5.74, 6) is 2.06. The third kappa shape index (κ3) is 4.50. The van der Waals surface area contributed by atoms with Crippen LogP contribution < -0.4 is 5.56 Å². The summed E-state index contributed by atoms with van der Waals surface area (Å²) < 4.78 is 7.29. The second-order valence-corrected chi connectivity index (χ2v) is 8.68. The van der Waals surface area contributed by atoms with Gasteiger partial charge in [-0.15, -0.1) is 0 Å². The molecule has 2 saturated heterocycles. The predicted octanol–water partition coefficient (Wildman–Crippen LogP) is 1.22. The van der Waals surface area contributed by atoms with Crippen LogP contribution in [0, 0.1) is 0 Å². The van der Waals surface area contributed by atoms with E-state index < -0.39 is 0 Å². The Hall–Kier alpha value is -0.890. The van der Waals surface area contributed by atoms with Gasteiger partial charge >= 0.3 is 0 Å². The minimum absolute atomic E-state index is 0.0720. The summed E-state index contributed by atoms with van der Waals surface area (Å²) in [5, 5.41) is 4.71. The molecule has 144 valence electrons. The molecule has 4 heterocycles. The van der Waals surface area contributed by atoms with Gasteiger partial charge in [0.25, 0.3) is 5.56 Å². The Kier molecular flexibility index (Phi) is 6.30. The van der Waals surface area contributed by atoms with E-state index in [1.807, 2.05) is 17.8 Å². The maximum absolute atomic E-state index is 12.5. The van der Waals surface area contributed by atoms with E-state index in [0.29, 0.717) is 6.04 Å². The molecule has 0 N–H and O–H groups in total. The standard InChI is InChI=1S/C19H30N4O2S/c24-19-13-16-15-26-12-4-18(16)20-23(19)14-17-3-1-6-22(17)8-7-21-5-2-10-25-11-9-21/h13,17H,1-12,14-15H2. The van der Waals surface area contributed by atoms with Crippen LogP contribution >= 0.6 is 11.8 Å². The molecule has 1 unspecified atom stereocenters. The van der Waals surface area contributed by atoms with Crippen molar-refractivity contribution >= 4 is 11.8 Å². The number of aromatic nitrogens is 2. The summed E-state index contributed by atoms with van der Waals surface area (Å²) in [5.41, 5.74) is 2.36. The van der Waals surface area contributed by atoms with Gasteiger partial charge in [0.2, 0.25) is 0 Å². The van der Waals surface area contributed by atoms with Crippen molar-refractivity contribution in [3.8, 4) is 0 Å². The van der Waals surface area contributed by atoms with Gasteiger partial charge in [0, 0.05) is 57.1 Å². The van der Waals surface area contributed by atoms with Crippen LogP contribution in [0.3, 0.4) is 0 Å². The number of ether oxygens (including phenoxy) is 1. The first kappa shape index (κ1) is 18.5. The third-order valence-electron chi connectivity index (χ3n) is 5.81. The molecule has 0 aliphatic carbocycles. The highest BCUT2D eigenvalue weighted by Gasteiger charge is 2.26. The van der Waals surface area contributed by atoms with Crippen molar-refractivity contribution in [2.24, 2.45) is 0 Å². The number of hydrogen-bond acceptors (Lipinski definition) is 6. The second-order valence-electron chi connectivity index (χ2n) is 7.58. The molecule has 4 rings (SSSR count). The molecule has 0 aromatic carbocycles. The van der Waals surface area contributed by atoms with Crippen LogP contribution in [0.15, 0.2) is 10.9 Å². The van der Waals surface area contributed by atoms with Crippen molar-refractivity contribution in [1.82, 2.24) is 19.6 Å². The normalized spacial score (nSPS) is 25.2. The second kappa shape index (κ2) is 8.87. The molecule has 1 aromatic heterocycles. The number of fused-ring (bicyclic) bond motifs is 1. The Morgan fingerprint density at radius 3 is 3.12 bits per heavy atom. The summed E-state index contributed by atoms with van der Waals surface area (Å²) in [6.07, 6.45) is 4.52. The largest absolute Gasteiger partial charge is 0.380 e. The fourth-order valence-corrected chi connectivity index (χ4v) is 5.22. The number of aryl methyl sites for hydroxylation is 1. The number of rotatable bonds is 5. The highest BCUT2D eigenvalue weighted by Crippen LogP contribution is 2.22. The lowest BCUT2D eigenvalue weighted by molar-refractivity contribution is 0.135. The van der Waals surface area contributed by atoms with Crippen molar-refractivity contribution in [1.29, 1.82) is 0 Å². The zero-order valence-corrected chi connectivity index (χ0v) is 16.4. The van der Waals surface area contributed by atoms with E-state index in [1.54, 1.807) is 4.68 Å². The summed E-state index contributed by atoms with van der Waals surface area (Å²) in [6, 6.07) is 2.27. The van der Waals surface area contributed by atoms with Crippen molar-refractivity contribution < 1.29 is 4.74 Å². The van der Waals surface area contributed by atoms with E-state index in [2.05, 4.69) is 9.80 Å². The summed E-state index contributed by atoms with van der Waals surface area (Å²) in [7, 11) is 0. The molecule has 2 fully saturated rings. The maximum Gasteiger partial charge on any atom is 0.267 e. The van der Waals surface area contributed by atoms with Crippen molar-refractivity contribution in [2.45, 2.75) is 44.0 Å². The van der Waals surface area contributed by atoms with E-state index in [0.717, 1.165) is 88.1 Å². The minimum atomic E-state index is 0.0720. The molecule has 26 heavy (non-hydrogen) atoms. The van der Waals surface area contributed by atoms with E-state index in [4.69, 9.17) is 9.84 Å². The van der Waals surface area contributed by atoms with Gasteiger partial charge in [0.1, 0.15) is 0 Å². The number of hydrogen-bond donors (Lipinski definition) is 0. The fraction of sp³-hybridized carbons (Fsp3) is 0.789. The van der Waals surface area contributed by atoms with Crippen molar-refractivity contribution in [3.63, 3.8) is 0 Å². The zero-order chi connectivity index (χ0) is 17.8. The van der Waals surface area contributed by atoms with E-state index in [9.17, 15) is 4.79 Å². The van der Waals surface area contributed by atoms with Gasteiger partial charge < -0.3 is 4.74 Å². The lowest BCUT2D eigenvalue weighted by atomic mass is 10.2. The molecule has 1 atom stereocenters. The van der Waals surface area contributed by atoms with Gasteiger partial charge in [-0.3, -0.25) is 14.6 Å². The van der Waals surface area contributed by atoms with E-state index >= 15 is 0 Å². The quantitative estimate of drug-likeness (QED) is 0.768. The topological polar surface area (TPSA) is 50.6 Å². The zero-order valence-electron chi connectivity index (χ0n) is 15.6. The van der Waals surface area contributed by atoms with Crippen LogP contribution in [0.5, 0.6) is 0 Å². The molecule has 0 spiro atoms. The molecule has 0 bridgehead atoms. The van der Waals surface area contributed by atoms with Crippen LogP contribution in [0.2, 0.25) is 0 Å². The minimum Gasteiger partial charge on any atom is -0.380 e. The smallest absolute Gasteiger partial charge is 0.267 e.